The summed E-state index contributed by atoms with van der Waals surface area (Å²) in [6.45, 7) is 4.07. The van der Waals surface area contributed by atoms with E-state index in [9.17, 15) is 4.79 Å². The molecule has 1 aromatic heterocycles. The fourth-order valence-corrected chi connectivity index (χ4v) is 0.867. The van der Waals surface area contributed by atoms with Crippen LogP contribution in [0, 0.1) is 5.92 Å². The largest absolute Gasteiger partial charge is 0.391 e. The van der Waals surface area contributed by atoms with Gasteiger partial charge in [-0.3, -0.25) is 4.79 Å². The average Bonchev–Trinajstić information content (AvgIpc) is 2.18. The third-order valence-electron chi connectivity index (χ3n) is 1.41. The van der Waals surface area contributed by atoms with Crippen LogP contribution in [0.1, 0.15) is 19.6 Å². The standard InChI is InChI=1S/C7H12N2O2/c1-4(2)3-5-6(8)7(10)9-11-5/h4H,3,8H2,1-2H3,(H,9,10). The van der Waals surface area contributed by atoms with Gasteiger partial charge in [0.2, 0.25) is 0 Å². The van der Waals surface area contributed by atoms with Gasteiger partial charge < -0.3 is 10.3 Å². The molecular weight excluding hydrogens is 144 g/mol. The summed E-state index contributed by atoms with van der Waals surface area (Å²) in [5.74, 6) is 1.00. The van der Waals surface area contributed by atoms with Crippen molar-refractivity contribution < 1.29 is 4.52 Å². The monoisotopic (exact) mass is 156 g/mol. The van der Waals surface area contributed by atoms with Crippen molar-refractivity contribution in [3.63, 3.8) is 0 Å². The third-order valence-corrected chi connectivity index (χ3v) is 1.41. The lowest BCUT2D eigenvalue weighted by atomic mass is 10.1. The number of nitrogen functional groups attached to an aromatic ring is 1. The van der Waals surface area contributed by atoms with Crippen molar-refractivity contribution >= 4 is 5.69 Å². The fraction of sp³-hybridized carbons (Fsp3) is 0.571. The zero-order valence-corrected chi connectivity index (χ0v) is 6.68. The van der Waals surface area contributed by atoms with Crippen LogP contribution in [-0.2, 0) is 6.42 Å². The van der Waals surface area contributed by atoms with E-state index in [1.54, 1.807) is 0 Å². The smallest absolute Gasteiger partial charge is 0.303 e. The summed E-state index contributed by atoms with van der Waals surface area (Å²) >= 11 is 0. The van der Waals surface area contributed by atoms with Crippen LogP contribution >= 0.6 is 0 Å². The van der Waals surface area contributed by atoms with Crippen molar-refractivity contribution in [2.45, 2.75) is 20.3 Å². The number of nitrogens with two attached hydrogens (primary N) is 1. The maximum atomic E-state index is 10.7. The molecule has 0 unspecified atom stereocenters. The number of hydrogen-bond donors (Lipinski definition) is 2. The molecular formula is C7H12N2O2. The summed E-state index contributed by atoms with van der Waals surface area (Å²) in [6, 6.07) is 0. The Bertz CT molecular complexity index is 285. The molecule has 0 aliphatic carbocycles. The average molecular weight is 156 g/mol. The molecule has 0 aromatic carbocycles. The summed E-state index contributed by atoms with van der Waals surface area (Å²) in [4.78, 5) is 10.7. The number of aromatic amines is 1. The number of rotatable bonds is 2. The lowest BCUT2D eigenvalue weighted by Gasteiger charge is -1.98. The predicted octanol–water partition coefficient (Wildman–Crippen LogP) is 0.749. The van der Waals surface area contributed by atoms with Crippen molar-refractivity contribution in [2.75, 3.05) is 5.73 Å². The van der Waals surface area contributed by atoms with Gasteiger partial charge in [0.05, 0.1) is 0 Å². The summed E-state index contributed by atoms with van der Waals surface area (Å²) < 4.78 is 4.84. The molecule has 0 atom stereocenters. The molecule has 0 aliphatic heterocycles. The molecule has 0 saturated carbocycles. The molecule has 1 rings (SSSR count). The van der Waals surface area contributed by atoms with Gasteiger partial charge in [-0.15, -0.1) is 0 Å². The molecule has 0 bridgehead atoms. The Morgan fingerprint density at radius 1 is 1.64 bits per heavy atom. The molecule has 11 heavy (non-hydrogen) atoms. The number of anilines is 1. The van der Waals surface area contributed by atoms with E-state index in [1.807, 2.05) is 13.8 Å². The first-order valence-corrected chi connectivity index (χ1v) is 3.57. The maximum absolute atomic E-state index is 10.7. The molecule has 0 radical (unpaired) electrons. The topological polar surface area (TPSA) is 72.0 Å². The Morgan fingerprint density at radius 2 is 2.27 bits per heavy atom. The van der Waals surface area contributed by atoms with E-state index in [0.29, 0.717) is 18.1 Å². The fourth-order valence-electron chi connectivity index (χ4n) is 0.867. The number of nitrogens with one attached hydrogen (secondary N) is 1. The van der Waals surface area contributed by atoms with Gasteiger partial charge in [-0.1, -0.05) is 13.8 Å². The highest BCUT2D eigenvalue weighted by Crippen LogP contribution is 2.10. The minimum absolute atomic E-state index is 0.207. The third kappa shape index (κ3) is 1.63. The van der Waals surface area contributed by atoms with Crippen molar-refractivity contribution in [1.29, 1.82) is 0 Å². The molecule has 0 spiro atoms. The van der Waals surface area contributed by atoms with E-state index in [-0.39, 0.29) is 11.2 Å². The summed E-state index contributed by atoms with van der Waals surface area (Å²) in [6.07, 6.45) is 0.699. The SMILES string of the molecule is CC(C)Cc1o[nH]c(=O)c1N. The highest BCUT2D eigenvalue weighted by Gasteiger charge is 2.09. The Balaban J connectivity index is 2.87. The minimum atomic E-state index is -0.333. The number of aromatic nitrogens is 1. The van der Waals surface area contributed by atoms with Gasteiger partial charge in [0, 0.05) is 6.42 Å². The minimum Gasteiger partial charge on any atom is -0.391 e. The van der Waals surface area contributed by atoms with Crippen LogP contribution < -0.4 is 11.3 Å². The zero-order valence-electron chi connectivity index (χ0n) is 6.68. The molecule has 0 saturated heterocycles. The van der Waals surface area contributed by atoms with E-state index in [4.69, 9.17) is 10.3 Å². The first-order valence-electron chi connectivity index (χ1n) is 3.57. The van der Waals surface area contributed by atoms with Crippen LogP contribution in [-0.4, -0.2) is 5.16 Å². The van der Waals surface area contributed by atoms with Crippen LogP contribution in [0.4, 0.5) is 5.69 Å². The summed E-state index contributed by atoms with van der Waals surface area (Å²) in [5.41, 5.74) is 5.29. The van der Waals surface area contributed by atoms with Gasteiger partial charge >= 0.3 is 5.56 Å². The lowest BCUT2D eigenvalue weighted by Crippen LogP contribution is -2.06. The molecule has 4 nitrogen and oxygen atoms in total. The first kappa shape index (κ1) is 7.91. The first-order chi connectivity index (χ1) is 5.11. The van der Waals surface area contributed by atoms with E-state index in [2.05, 4.69) is 5.16 Å². The van der Waals surface area contributed by atoms with Crippen molar-refractivity contribution in [1.82, 2.24) is 5.16 Å². The molecule has 1 aromatic rings. The molecule has 0 amide bonds. The van der Waals surface area contributed by atoms with Gasteiger partial charge in [-0.2, -0.15) is 5.16 Å². The van der Waals surface area contributed by atoms with Crippen LogP contribution in [0.3, 0.4) is 0 Å². The van der Waals surface area contributed by atoms with Gasteiger partial charge in [0.25, 0.3) is 0 Å². The Hall–Kier alpha value is -1.19. The second-order valence-electron chi connectivity index (χ2n) is 2.97. The van der Waals surface area contributed by atoms with Crippen LogP contribution in [0.2, 0.25) is 0 Å². The summed E-state index contributed by atoms with van der Waals surface area (Å²) in [7, 11) is 0. The number of hydrogen-bond acceptors (Lipinski definition) is 3. The molecule has 0 aliphatic rings. The van der Waals surface area contributed by atoms with Crippen LogP contribution in [0.25, 0.3) is 0 Å². The van der Waals surface area contributed by atoms with Crippen molar-refractivity contribution in [2.24, 2.45) is 5.92 Å². The molecule has 4 heteroatoms. The van der Waals surface area contributed by atoms with Gasteiger partial charge in [0.1, 0.15) is 5.69 Å². The Labute approximate surface area is 64.4 Å². The molecule has 1 heterocycles. The van der Waals surface area contributed by atoms with E-state index < -0.39 is 0 Å². The van der Waals surface area contributed by atoms with Crippen molar-refractivity contribution in [3.8, 4) is 0 Å². The zero-order chi connectivity index (χ0) is 8.43. The normalized spacial score (nSPS) is 10.8. The molecule has 62 valence electrons. The molecule has 0 fully saturated rings. The van der Waals surface area contributed by atoms with Gasteiger partial charge in [0.15, 0.2) is 5.76 Å². The second kappa shape index (κ2) is 2.82. The molecule has 3 N–H and O–H groups in total. The maximum Gasteiger partial charge on any atom is 0.303 e. The van der Waals surface area contributed by atoms with E-state index in [0.717, 1.165) is 0 Å². The summed E-state index contributed by atoms with van der Waals surface area (Å²) in [5, 5.41) is 2.19. The van der Waals surface area contributed by atoms with Gasteiger partial charge in [-0.05, 0) is 5.92 Å². The van der Waals surface area contributed by atoms with E-state index in [1.165, 1.54) is 0 Å². The quantitative estimate of drug-likeness (QED) is 0.663. The second-order valence-corrected chi connectivity index (χ2v) is 2.97. The van der Waals surface area contributed by atoms with Crippen LogP contribution in [0.5, 0.6) is 0 Å². The Morgan fingerprint density at radius 3 is 2.64 bits per heavy atom. The highest BCUT2D eigenvalue weighted by atomic mass is 16.5. The number of H-pyrrole nitrogens is 1. The van der Waals surface area contributed by atoms with Crippen molar-refractivity contribution in [3.05, 3.63) is 16.1 Å². The van der Waals surface area contributed by atoms with E-state index >= 15 is 0 Å². The van der Waals surface area contributed by atoms with Gasteiger partial charge in [-0.25, -0.2) is 0 Å². The lowest BCUT2D eigenvalue weighted by molar-refractivity contribution is 0.365. The highest BCUT2D eigenvalue weighted by molar-refractivity contribution is 5.38. The predicted molar refractivity (Wildman–Crippen MR) is 42.3 cm³/mol. The van der Waals surface area contributed by atoms with Crippen LogP contribution in [0.15, 0.2) is 9.32 Å². The Kier molecular flexibility index (Phi) is 2.03.